The molecule has 1 N–H and O–H groups in total. The summed E-state index contributed by atoms with van der Waals surface area (Å²) >= 11 is 1.94. The number of piperidine rings is 1. The van der Waals surface area contributed by atoms with Crippen molar-refractivity contribution in [3.63, 3.8) is 0 Å². The standard InChI is InChI=1S/C12H26N2S/c1-9-8-14(4)10(2)6-12(9)13-7-11(3)15-5/h9-13H,6-8H2,1-5H3. The van der Waals surface area contributed by atoms with Crippen molar-refractivity contribution in [1.29, 1.82) is 0 Å². The minimum atomic E-state index is 0.714. The predicted octanol–water partition coefficient (Wildman–Crippen LogP) is 2.06. The van der Waals surface area contributed by atoms with Crippen LogP contribution in [0.2, 0.25) is 0 Å². The van der Waals surface area contributed by atoms with Crippen molar-refractivity contribution >= 4 is 11.8 Å². The van der Waals surface area contributed by atoms with Crippen LogP contribution in [0.3, 0.4) is 0 Å². The van der Waals surface area contributed by atoms with Crippen LogP contribution in [0.5, 0.6) is 0 Å². The number of hydrogen-bond acceptors (Lipinski definition) is 3. The third kappa shape index (κ3) is 3.97. The minimum Gasteiger partial charge on any atom is -0.313 e. The van der Waals surface area contributed by atoms with E-state index in [-0.39, 0.29) is 0 Å². The molecular weight excluding hydrogens is 204 g/mol. The van der Waals surface area contributed by atoms with Gasteiger partial charge in [-0.3, -0.25) is 0 Å². The number of likely N-dealkylation sites (tertiary alicyclic amines) is 1. The molecule has 90 valence electrons. The van der Waals surface area contributed by atoms with Crippen LogP contribution in [0.15, 0.2) is 0 Å². The van der Waals surface area contributed by atoms with Gasteiger partial charge in [-0.25, -0.2) is 0 Å². The molecule has 0 aliphatic carbocycles. The molecule has 1 heterocycles. The van der Waals surface area contributed by atoms with E-state index >= 15 is 0 Å². The van der Waals surface area contributed by atoms with Gasteiger partial charge in [0, 0.05) is 30.4 Å². The van der Waals surface area contributed by atoms with E-state index in [2.05, 4.69) is 44.3 Å². The van der Waals surface area contributed by atoms with E-state index in [1.165, 1.54) is 13.0 Å². The molecule has 3 heteroatoms. The van der Waals surface area contributed by atoms with Crippen LogP contribution < -0.4 is 5.32 Å². The second kappa shape index (κ2) is 6.12. The molecule has 0 aromatic carbocycles. The Balaban J connectivity index is 2.34. The quantitative estimate of drug-likeness (QED) is 0.796. The molecule has 0 amide bonds. The Bertz CT molecular complexity index is 186. The smallest absolute Gasteiger partial charge is 0.0141 e. The second-order valence-corrected chi connectivity index (χ2v) is 6.34. The molecule has 0 spiro atoms. The zero-order chi connectivity index (χ0) is 11.4. The van der Waals surface area contributed by atoms with Crippen molar-refractivity contribution in [2.75, 3.05) is 26.4 Å². The highest BCUT2D eigenvalue weighted by molar-refractivity contribution is 7.99. The fourth-order valence-corrected chi connectivity index (χ4v) is 2.49. The third-order valence-electron chi connectivity index (χ3n) is 3.68. The topological polar surface area (TPSA) is 15.3 Å². The molecule has 4 atom stereocenters. The molecule has 1 rings (SSSR count). The van der Waals surface area contributed by atoms with E-state index < -0.39 is 0 Å². The Labute approximate surface area is 99.2 Å². The molecule has 1 aliphatic heterocycles. The van der Waals surface area contributed by atoms with Crippen molar-refractivity contribution in [1.82, 2.24) is 10.2 Å². The van der Waals surface area contributed by atoms with E-state index in [1.807, 2.05) is 11.8 Å². The van der Waals surface area contributed by atoms with Crippen molar-refractivity contribution in [2.45, 2.75) is 44.5 Å². The summed E-state index contributed by atoms with van der Waals surface area (Å²) < 4.78 is 0. The Morgan fingerprint density at radius 1 is 1.47 bits per heavy atom. The Morgan fingerprint density at radius 2 is 2.13 bits per heavy atom. The lowest BCUT2D eigenvalue weighted by Gasteiger charge is -2.40. The van der Waals surface area contributed by atoms with Gasteiger partial charge in [0.25, 0.3) is 0 Å². The van der Waals surface area contributed by atoms with Crippen molar-refractivity contribution < 1.29 is 0 Å². The normalized spacial score (nSPS) is 35.4. The van der Waals surface area contributed by atoms with E-state index in [0.29, 0.717) is 6.04 Å². The summed E-state index contributed by atoms with van der Waals surface area (Å²) in [5.41, 5.74) is 0. The maximum absolute atomic E-state index is 3.73. The summed E-state index contributed by atoms with van der Waals surface area (Å²) in [6.07, 6.45) is 3.48. The van der Waals surface area contributed by atoms with Crippen LogP contribution in [-0.2, 0) is 0 Å². The van der Waals surface area contributed by atoms with E-state index in [9.17, 15) is 0 Å². The third-order valence-corrected chi connectivity index (χ3v) is 4.65. The van der Waals surface area contributed by atoms with Gasteiger partial charge in [0.05, 0.1) is 0 Å². The van der Waals surface area contributed by atoms with Gasteiger partial charge in [0.2, 0.25) is 0 Å². The van der Waals surface area contributed by atoms with Crippen LogP contribution in [0.25, 0.3) is 0 Å². The first-order valence-electron chi connectivity index (χ1n) is 6.01. The van der Waals surface area contributed by atoms with Gasteiger partial charge in [-0.1, -0.05) is 13.8 Å². The van der Waals surface area contributed by atoms with Gasteiger partial charge < -0.3 is 10.2 Å². The van der Waals surface area contributed by atoms with Crippen LogP contribution >= 0.6 is 11.8 Å². The Kier molecular flexibility index (Phi) is 5.44. The highest BCUT2D eigenvalue weighted by Crippen LogP contribution is 2.20. The van der Waals surface area contributed by atoms with Gasteiger partial charge in [0.15, 0.2) is 0 Å². The minimum absolute atomic E-state index is 0.714. The Morgan fingerprint density at radius 3 is 2.73 bits per heavy atom. The highest BCUT2D eigenvalue weighted by Gasteiger charge is 2.28. The molecule has 15 heavy (non-hydrogen) atoms. The molecule has 2 nitrogen and oxygen atoms in total. The first-order chi connectivity index (χ1) is 7.04. The molecule has 0 bridgehead atoms. The number of thioether (sulfide) groups is 1. The summed E-state index contributed by atoms with van der Waals surface area (Å²) in [7, 11) is 2.24. The summed E-state index contributed by atoms with van der Waals surface area (Å²) in [5.74, 6) is 0.778. The summed E-state index contributed by atoms with van der Waals surface area (Å²) in [5, 5.41) is 4.45. The van der Waals surface area contributed by atoms with Crippen LogP contribution in [0.4, 0.5) is 0 Å². The lowest BCUT2D eigenvalue weighted by Crippen LogP contribution is -2.51. The van der Waals surface area contributed by atoms with E-state index in [0.717, 1.165) is 23.8 Å². The SMILES string of the molecule is CSC(C)CNC1CC(C)N(C)CC1C. The average molecular weight is 230 g/mol. The van der Waals surface area contributed by atoms with Gasteiger partial charge >= 0.3 is 0 Å². The maximum Gasteiger partial charge on any atom is 0.0141 e. The zero-order valence-corrected chi connectivity index (χ0v) is 11.6. The first kappa shape index (κ1) is 13.3. The fraction of sp³-hybridized carbons (Fsp3) is 1.00. The maximum atomic E-state index is 3.73. The molecule has 0 aromatic heterocycles. The molecule has 0 radical (unpaired) electrons. The molecule has 1 aliphatic rings. The fourth-order valence-electron chi connectivity index (χ4n) is 2.23. The number of nitrogens with one attached hydrogen (secondary N) is 1. The first-order valence-corrected chi connectivity index (χ1v) is 7.29. The largest absolute Gasteiger partial charge is 0.313 e. The van der Waals surface area contributed by atoms with Gasteiger partial charge in [-0.05, 0) is 32.6 Å². The van der Waals surface area contributed by atoms with E-state index in [4.69, 9.17) is 0 Å². The van der Waals surface area contributed by atoms with Crippen LogP contribution in [0, 0.1) is 5.92 Å². The summed E-state index contributed by atoms with van der Waals surface area (Å²) in [6.45, 7) is 9.36. The zero-order valence-electron chi connectivity index (χ0n) is 10.8. The number of hydrogen-bond donors (Lipinski definition) is 1. The predicted molar refractivity (Wildman–Crippen MR) is 70.6 cm³/mol. The highest BCUT2D eigenvalue weighted by atomic mass is 32.2. The summed E-state index contributed by atoms with van der Waals surface area (Å²) in [6, 6.07) is 1.44. The average Bonchev–Trinajstić information content (AvgIpc) is 2.21. The number of rotatable bonds is 4. The molecule has 1 saturated heterocycles. The Hall–Kier alpha value is 0.270. The molecular formula is C12H26N2S. The molecule has 0 saturated carbocycles. The van der Waals surface area contributed by atoms with Crippen LogP contribution in [-0.4, -0.2) is 48.6 Å². The molecule has 0 aromatic rings. The van der Waals surface area contributed by atoms with Crippen LogP contribution in [0.1, 0.15) is 27.2 Å². The monoisotopic (exact) mass is 230 g/mol. The van der Waals surface area contributed by atoms with Gasteiger partial charge in [-0.2, -0.15) is 11.8 Å². The van der Waals surface area contributed by atoms with Crippen molar-refractivity contribution in [3.8, 4) is 0 Å². The van der Waals surface area contributed by atoms with Crippen molar-refractivity contribution in [3.05, 3.63) is 0 Å². The van der Waals surface area contributed by atoms with Gasteiger partial charge in [-0.15, -0.1) is 0 Å². The van der Waals surface area contributed by atoms with Crippen molar-refractivity contribution in [2.24, 2.45) is 5.92 Å². The lowest BCUT2D eigenvalue weighted by molar-refractivity contribution is 0.122. The van der Waals surface area contributed by atoms with E-state index in [1.54, 1.807) is 0 Å². The number of nitrogens with zero attached hydrogens (tertiary/aromatic N) is 1. The lowest BCUT2D eigenvalue weighted by atomic mass is 9.90. The summed E-state index contributed by atoms with van der Waals surface area (Å²) in [4.78, 5) is 2.47. The molecule has 1 fully saturated rings. The molecule has 4 unspecified atom stereocenters. The van der Waals surface area contributed by atoms with Gasteiger partial charge in [0.1, 0.15) is 0 Å². The second-order valence-electron chi connectivity index (χ2n) is 5.06.